The van der Waals surface area contributed by atoms with E-state index in [4.69, 9.17) is 17.0 Å². The third-order valence-electron chi connectivity index (χ3n) is 3.83. The fraction of sp³-hybridized carbons (Fsp3) is 0.158. The van der Waals surface area contributed by atoms with Crippen molar-refractivity contribution in [2.45, 2.75) is 12.5 Å². The van der Waals surface area contributed by atoms with Gasteiger partial charge in [-0.05, 0) is 47.4 Å². The number of thiocarbonyl (C=S) groups is 1. The monoisotopic (exact) mass is 414 g/mol. The Morgan fingerprint density at radius 1 is 1.32 bits per heavy atom. The number of ether oxygens (including phenoxy) is 1. The number of benzene rings is 1. The summed E-state index contributed by atoms with van der Waals surface area (Å²) in [5, 5.41) is 17.4. The summed E-state index contributed by atoms with van der Waals surface area (Å²) in [7, 11) is 1.56. The predicted octanol–water partition coefficient (Wildman–Crippen LogP) is 3.72. The van der Waals surface area contributed by atoms with Gasteiger partial charge in [0.1, 0.15) is 5.75 Å². The van der Waals surface area contributed by atoms with E-state index in [2.05, 4.69) is 20.6 Å². The maximum Gasteiger partial charge on any atom is 0.305 e. The fourth-order valence-electron chi connectivity index (χ4n) is 2.56. The molecule has 3 aromatic rings. The Morgan fingerprint density at radius 3 is 2.89 bits per heavy atom. The van der Waals surface area contributed by atoms with Gasteiger partial charge in [-0.1, -0.05) is 18.2 Å². The van der Waals surface area contributed by atoms with Crippen LogP contribution < -0.4 is 15.4 Å². The van der Waals surface area contributed by atoms with E-state index in [9.17, 15) is 9.90 Å². The van der Waals surface area contributed by atoms with Crippen LogP contribution in [0.25, 0.3) is 10.6 Å². The molecule has 9 heteroatoms. The minimum atomic E-state index is -0.945. The van der Waals surface area contributed by atoms with Gasteiger partial charge in [-0.2, -0.15) is 0 Å². The number of carboxylic acid groups (broad SMARTS) is 1. The van der Waals surface area contributed by atoms with Gasteiger partial charge in [0, 0.05) is 6.20 Å². The Balaban J connectivity index is 1.73. The highest BCUT2D eigenvalue weighted by molar-refractivity contribution is 7.80. The second-order valence-electron chi connectivity index (χ2n) is 5.77. The third-order valence-corrected chi connectivity index (χ3v) is 4.95. The normalized spacial score (nSPS) is 11.5. The maximum atomic E-state index is 11.3. The van der Waals surface area contributed by atoms with Crippen molar-refractivity contribution in [1.29, 1.82) is 0 Å². The van der Waals surface area contributed by atoms with Crippen LogP contribution in [0.3, 0.4) is 0 Å². The summed E-state index contributed by atoms with van der Waals surface area (Å²) in [5.74, 6) is 0.0303. The quantitative estimate of drug-likeness (QED) is 0.504. The molecule has 0 aliphatic heterocycles. The molecule has 144 valence electrons. The molecule has 2 aromatic heterocycles. The van der Waals surface area contributed by atoms with E-state index < -0.39 is 12.0 Å². The fourth-order valence-corrected chi connectivity index (χ4v) is 3.49. The number of carboxylic acids is 1. The molecular weight excluding hydrogens is 396 g/mol. The van der Waals surface area contributed by atoms with Crippen molar-refractivity contribution in [3.05, 3.63) is 59.6 Å². The van der Waals surface area contributed by atoms with Crippen LogP contribution in [0, 0.1) is 0 Å². The lowest BCUT2D eigenvalue weighted by atomic mass is 10.0. The molecule has 28 heavy (non-hydrogen) atoms. The van der Waals surface area contributed by atoms with Crippen LogP contribution in [0.5, 0.6) is 5.75 Å². The molecule has 3 N–H and O–H groups in total. The standard InChI is InChI=1S/C19H18N4O3S2/c1-26-13-5-2-4-12(10-13)15(11-17(24)25)22-19(27)23-18-20-8-7-14(21-18)16-6-3-9-28-16/h2-10,15H,11H2,1H3,(H,24,25)(H2,20,21,22,23,27)/t15-/m1/s1. The van der Waals surface area contributed by atoms with E-state index in [-0.39, 0.29) is 11.5 Å². The Kier molecular flexibility index (Phi) is 6.51. The van der Waals surface area contributed by atoms with Crippen LogP contribution in [0.15, 0.2) is 54.0 Å². The molecule has 0 radical (unpaired) electrons. The molecule has 0 spiro atoms. The number of nitrogens with one attached hydrogen (secondary N) is 2. The zero-order valence-electron chi connectivity index (χ0n) is 15.0. The zero-order chi connectivity index (χ0) is 19.9. The van der Waals surface area contributed by atoms with Crippen LogP contribution in [0.1, 0.15) is 18.0 Å². The lowest BCUT2D eigenvalue weighted by molar-refractivity contribution is -0.137. The van der Waals surface area contributed by atoms with Crippen LogP contribution in [0.4, 0.5) is 5.95 Å². The topological polar surface area (TPSA) is 96.4 Å². The summed E-state index contributed by atoms with van der Waals surface area (Å²) in [4.78, 5) is 20.9. The molecule has 1 atom stereocenters. The van der Waals surface area contributed by atoms with Gasteiger partial charge in [0.15, 0.2) is 5.11 Å². The first-order valence-corrected chi connectivity index (χ1v) is 9.64. The van der Waals surface area contributed by atoms with Gasteiger partial charge in [-0.3, -0.25) is 4.79 Å². The van der Waals surface area contributed by atoms with E-state index in [0.29, 0.717) is 11.7 Å². The average Bonchev–Trinajstić information content (AvgIpc) is 3.22. The van der Waals surface area contributed by atoms with E-state index >= 15 is 0 Å². The number of thiophene rings is 1. The van der Waals surface area contributed by atoms with Gasteiger partial charge in [0.2, 0.25) is 5.95 Å². The van der Waals surface area contributed by atoms with Crippen LogP contribution in [-0.4, -0.2) is 33.3 Å². The zero-order valence-corrected chi connectivity index (χ0v) is 16.6. The molecule has 0 unspecified atom stereocenters. The van der Waals surface area contributed by atoms with E-state index in [1.54, 1.807) is 42.8 Å². The molecule has 0 aliphatic carbocycles. The second-order valence-corrected chi connectivity index (χ2v) is 7.12. The molecule has 1 aromatic carbocycles. The Labute approximate surface area is 171 Å². The molecule has 0 saturated heterocycles. The largest absolute Gasteiger partial charge is 0.497 e. The molecule has 3 rings (SSSR count). The minimum absolute atomic E-state index is 0.148. The summed E-state index contributed by atoms with van der Waals surface area (Å²) in [6.45, 7) is 0. The minimum Gasteiger partial charge on any atom is -0.497 e. The van der Waals surface area contributed by atoms with Gasteiger partial charge in [-0.15, -0.1) is 11.3 Å². The number of nitrogens with zero attached hydrogens (tertiary/aromatic N) is 2. The number of methoxy groups -OCH3 is 1. The van der Waals surface area contributed by atoms with Gasteiger partial charge in [0.25, 0.3) is 0 Å². The summed E-state index contributed by atoms with van der Waals surface area (Å²) in [6, 6.07) is 12.4. The lowest BCUT2D eigenvalue weighted by Gasteiger charge is -2.20. The molecule has 2 heterocycles. The summed E-state index contributed by atoms with van der Waals surface area (Å²) < 4.78 is 5.22. The number of rotatable bonds is 7. The first kappa shape index (κ1) is 19.7. The average molecular weight is 415 g/mol. The highest BCUT2D eigenvalue weighted by Gasteiger charge is 2.18. The lowest BCUT2D eigenvalue weighted by Crippen LogP contribution is -2.34. The first-order chi connectivity index (χ1) is 13.5. The smallest absolute Gasteiger partial charge is 0.305 e. The molecule has 0 amide bonds. The molecule has 0 fully saturated rings. The second kappa shape index (κ2) is 9.25. The number of aliphatic carboxylic acids is 1. The summed E-state index contributed by atoms with van der Waals surface area (Å²) in [5.41, 5.74) is 1.53. The van der Waals surface area contributed by atoms with Gasteiger partial charge < -0.3 is 20.5 Å². The Hall–Kier alpha value is -3.04. The third kappa shape index (κ3) is 5.24. The van der Waals surface area contributed by atoms with Crippen LogP contribution in [0.2, 0.25) is 0 Å². The van der Waals surface area contributed by atoms with Crippen molar-refractivity contribution in [2.24, 2.45) is 0 Å². The van der Waals surface area contributed by atoms with Crippen LogP contribution >= 0.6 is 23.6 Å². The number of anilines is 1. The van der Waals surface area contributed by atoms with Crippen molar-refractivity contribution in [1.82, 2.24) is 15.3 Å². The first-order valence-electron chi connectivity index (χ1n) is 8.35. The van der Waals surface area contributed by atoms with Crippen molar-refractivity contribution in [2.75, 3.05) is 12.4 Å². The molecule has 0 saturated carbocycles. The van der Waals surface area contributed by atoms with Crippen molar-refractivity contribution >= 4 is 40.6 Å². The van der Waals surface area contributed by atoms with Gasteiger partial charge >= 0.3 is 5.97 Å². The van der Waals surface area contributed by atoms with Crippen molar-refractivity contribution < 1.29 is 14.6 Å². The molecule has 0 aliphatic rings. The summed E-state index contributed by atoms with van der Waals surface area (Å²) in [6.07, 6.45) is 1.49. The van der Waals surface area contributed by atoms with Crippen molar-refractivity contribution in [3.63, 3.8) is 0 Å². The molecule has 0 bridgehead atoms. The maximum absolute atomic E-state index is 11.3. The van der Waals surface area contributed by atoms with Gasteiger partial charge in [-0.25, -0.2) is 9.97 Å². The van der Waals surface area contributed by atoms with Crippen LogP contribution in [-0.2, 0) is 4.79 Å². The van der Waals surface area contributed by atoms with Gasteiger partial charge in [0.05, 0.1) is 30.1 Å². The number of aromatic nitrogens is 2. The van der Waals surface area contributed by atoms with E-state index in [1.807, 2.05) is 29.6 Å². The Bertz CT molecular complexity index is 963. The highest BCUT2D eigenvalue weighted by atomic mass is 32.1. The van der Waals surface area contributed by atoms with E-state index in [0.717, 1.165) is 16.1 Å². The number of hydrogen-bond acceptors (Lipinski definition) is 6. The SMILES string of the molecule is COc1cccc([C@@H](CC(=O)O)NC(=S)Nc2nccc(-c3cccs3)n2)c1. The summed E-state index contributed by atoms with van der Waals surface area (Å²) >= 11 is 6.92. The van der Waals surface area contributed by atoms with Crippen molar-refractivity contribution in [3.8, 4) is 16.3 Å². The van der Waals surface area contributed by atoms with E-state index in [1.165, 1.54) is 0 Å². The predicted molar refractivity (Wildman–Crippen MR) is 113 cm³/mol. The molecule has 7 nitrogen and oxygen atoms in total. The number of carbonyl (C=O) groups is 1. The highest BCUT2D eigenvalue weighted by Crippen LogP contribution is 2.24. The Morgan fingerprint density at radius 2 is 2.18 bits per heavy atom. The molecular formula is C19H18N4O3S2. The number of hydrogen-bond donors (Lipinski definition) is 3.